The lowest BCUT2D eigenvalue weighted by molar-refractivity contribution is 0.102. The van der Waals surface area contributed by atoms with E-state index in [2.05, 4.69) is 10.6 Å². The Kier molecular flexibility index (Phi) is 5.49. The second-order valence-electron chi connectivity index (χ2n) is 4.71. The molecule has 0 aromatic heterocycles. The normalized spacial score (nSPS) is 9.96. The molecule has 0 atom stereocenters. The SMILES string of the molecule is COc1cc(NC(=O)c2ccc(NC(N)=O)cc2)c(OC)cc1Cl. The van der Waals surface area contributed by atoms with E-state index in [1.807, 2.05) is 0 Å². The number of rotatable bonds is 5. The number of ether oxygens (including phenoxy) is 2. The van der Waals surface area contributed by atoms with E-state index in [9.17, 15) is 9.59 Å². The Morgan fingerprint density at radius 1 is 1.00 bits per heavy atom. The monoisotopic (exact) mass is 349 g/mol. The number of carbonyl (C=O) groups is 2. The maximum atomic E-state index is 12.3. The van der Waals surface area contributed by atoms with E-state index < -0.39 is 6.03 Å². The Morgan fingerprint density at radius 3 is 2.17 bits per heavy atom. The van der Waals surface area contributed by atoms with Gasteiger partial charge in [-0.2, -0.15) is 0 Å². The molecule has 2 rings (SSSR count). The zero-order valence-electron chi connectivity index (χ0n) is 13.1. The van der Waals surface area contributed by atoms with Gasteiger partial charge >= 0.3 is 6.03 Å². The number of benzene rings is 2. The van der Waals surface area contributed by atoms with E-state index in [4.69, 9.17) is 26.8 Å². The van der Waals surface area contributed by atoms with Crippen LogP contribution in [0.4, 0.5) is 16.2 Å². The summed E-state index contributed by atoms with van der Waals surface area (Å²) in [5.41, 5.74) is 6.33. The number of nitrogens with two attached hydrogens (primary N) is 1. The van der Waals surface area contributed by atoms with Crippen molar-refractivity contribution in [1.82, 2.24) is 0 Å². The number of hydrogen-bond donors (Lipinski definition) is 3. The van der Waals surface area contributed by atoms with Gasteiger partial charge in [0, 0.05) is 23.4 Å². The molecule has 0 radical (unpaired) electrons. The fourth-order valence-corrected chi connectivity index (χ4v) is 2.23. The van der Waals surface area contributed by atoms with Gasteiger partial charge in [-0.25, -0.2) is 4.79 Å². The van der Waals surface area contributed by atoms with Gasteiger partial charge < -0.3 is 25.8 Å². The second-order valence-corrected chi connectivity index (χ2v) is 5.11. The van der Waals surface area contributed by atoms with E-state index in [1.54, 1.807) is 36.4 Å². The zero-order chi connectivity index (χ0) is 17.7. The van der Waals surface area contributed by atoms with Gasteiger partial charge in [0.05, 0.1) is 24.9 Å². The van der Waals surface area contributed by atoms with Gasteiger partial charge in [-0.1, -0.05) is 11.6 Å². The van der Waals surface area contributed by atoms with Gasteiger partial charge in [-0.05, 0) is 24.3 Å². The summed E-state index contributed by atoms with van der Waals surface area (Å²) in [7, 11) is 2.95. The van der Waals surface area contributed by atoms with Crippen molar-refractivity contribution in [3.63, 3.8) is 0 Å². The number of nitrogens with one attached hydrogen (secondary N) is 2. The van der Waals surface area contributed by atoms with E-state index in [0.29, 0.717) is 33.5 Å². The highest BCUT2D eigenvalue weighted by Gasteiger charge is 2.14. The van der Waals surface area contributed by atoms with Crippen LogP contribution in [-0.2, 0) is 0 Å². The van der Waals surface area contributed by atoms with Gasteiger partial charge in [-0.3, -0.25) is 4.79 Å². The zero-order valence-corrected chi connectivity index (χ0v) is 13.8. The van der Waals surface area contributed by atoms with Gasteiger partial charge in [-0.15, -0.1) is 0 Å². The van der Waals surface area contributed by atoms with Gasteiger partial charge in [0.15, 0.2) is 0 Å². The summed E-state index contributed by atoms with van der Waals surface area (Å²) in [5.74, 6) is 0.457. The summed E-state index contributed by atoms with van der Waals surface area (Å²) in [6.07, 6.45) is 0. The molecule has 0 spiro atoms. The van der Waals surface area contributed by atoms with Crippen molar-refractivity contribution >= 4 is 34.9 Å². The van der Waals surface area contributed by atoms with Crippen LogP contribution < -0.4 is 25.8 Å². The molecular formula is C16H16ClN3O4. The molecule has 3 amide bonds. The van der Waals surface area contributed by atoms with E-state index in [1.165, 1.54) is 14.2 Å². The highest BCUT2D eigenvalue weighted by atomic mass is 35.5. The van der Waals surface area contributed by atoms with Crippen LogP contribution in [0.2, 0.25) is 5.02 Å². The summed E-state index contributed by atoms with van der Waals surface area (Å²) in [6.45, 7) is 0. The van der Waals surface area contributed by atoms with E-state index >= 15 is 0 Å². The van der Waals surface area contributed by atoms with Crippen molar-refractivity contribution in [3.8, 4) is 11.5 Å². The number of urea groups is 1. The molecular weight excluding hydrogens is 334 g/mol. The van der Waals surface area contributed by atoms with Crippen LogP contribution in [-0.4, -0.2) is 26.2 Å². The summed E-state index contributed by atoms with van der Waals surface area (Å²) in [4.78, 5) is 23.1. The molecule has 0 aliphatic carbocycles. The highest BCUT2D eigenvalue weighted by Crippen LogP contribution is 2.36. The van der Waals surface area contributed by atoms with Crippen LogP contribution in [0.5, 0.6) is 11.5 Å². The Balaban J connectivity index is 2.21. The second kappa shape index (κ2) is 7.56. The minimum absolute atomic E-state index is 0.358. The predicted molar refractivity (Wildman–Crippen MR) is 92.2 cm³/mol. The molecule has 0 saturated carbocycles. The van der Waals surface area contributed by atoms with E-state index in [0.717, 1.165) is 0 Å². The maximum Gasteiger partial charge on any atom is 0.316 e. The smallest absolute Gasteiger partial charge is 0.316 e. The minimum atomic E-state index is -0.676. The molecule has 0 bridgehead atoms. The first-order valence-electron chi connectivity index (χ1n) is 6.84. The first kappa shape index (κ1) is 17.4. The van der Waals surface area contributed by atoms with E-state index in [-0.39, 0.29) is 5.91 Å². The summed E-state index contributed by atoms with van der Waals surface area (Å²) >= 11 is 6.03. The third kappa shape index (κ3) is 4.08. The Labute approximate surface area is 143 Å². The number of halogens is 1. The summed E-state index contributed by atoms with van der Waals surface area (Å²) < 4.78 is 10.3. The molecule has 0 unspecified atom stereocenters. The quantitative estimate of drug-likeness (QED) is 0.771. The molecule has 7 nitrogen and oxygen atoms in total. The van der Waals surface area contributed by atoms with Crippen molar-refractivity contribution < 1.29 is 19.1 Å². The Hall–Kier alpha value is -2.93. The lowest BCUT2D eigenvalue weighted by atomic mass is 10.2. The van der Waals surface area contributed by atoms with Crippen molar-refractivity contribution in [2.45, 2.75) is 0 Å². The molecule has 0 saturated heterocycles. The molecule has 126 valence electrons. The standard InChI is InChI=1S/C16H16ClN3O4/c1-23-13-8-12(14(24-2)7-11(13)17)20-15(21)9-3-5-10(6-4-9)19-16(18)22/h3-8H,1-2H3,(H,20,21)(H3,18,19,22). The fourth-order valence-electron chi connectivity index (χ4n) is 2.00. The van der Waals surface area contributed by atoms with Crippen molar-refractivity contribution in [1.29, 1.82) is 0 Å². The van der Waals surface area contributed by atoms with Crippen LogP contribution in [0.1, 0.15) is 10.4 Å². The van der Waals surface area contributed by atoms with Crippen LogP contribution in [0, 0.1) is 0 Å². The molecule has 2 aromatic carbocycles. The molecule has 2 aromatic rings. The molecule has 0 aliphatic heterocycles. The van der Waals surface area contributed by atoms with Crippen molar-refractivity contribution in [3.05, 3.63) is 47.0 Å². The molecule has 4 N–H and O–H groups in total. The Bertz CT molecular complexity index is 763. The average molecular weight is 350 g/mol. The minimum Gasteiger partial charge on any atom is -0.495 e. The van der Waals surface area contributed by atoms with Crippen molar-refractivity contribution in [2.75, 3.05) is 24.9 Å². The third-order valence-corrected chi connectivity index (χ3v) is 3.43. The first-order chi connectivity index (χ1) is 11.4. The first-order valence-corrected chi connectivity index (χ1v) is 7.21. The van der Waals surface area contributed by atoms with Crippen molar-refractivity contribution in [2.24, 2.45) is 5.73 Å². The van der Waals surface area contributed by atoms with Gasteiger partial charge in [0.25, 0.3) is 5.91 Å². The number of amides is 3. The van der Waals surface area contributed by atoms with Gasteiger partial charge in [0.1, 0.15) is 11.5 Å². The summed E-state index contributed by atoms with van der Waals surface area (Å²) in [6, 6.07) is 8.70. The fraction of sp³-hybridized carbons (Fsp3) is 0.125. The highest BCUT2D eigenvalue weighted by molar-refractivity contribution is 6.32. The van der Waals surface area contributed by atoms with Gasteiger partial charge in [0.2, 0.25) is 0 Å². The molecule has 0 aliphatic rings. The number of hydrogen-bond acceptors (Lipinski definition) is 4. The molecule has 0 heterocycles. The number of carbonyl (C=O) groups excluding carboxylic acids is 2. The maximum absolute atomic E-state index is 12.3. The van der Waals surface area contributed by atoms with Crippen LogP contribution >= 0.6 is 11.6 Å². The largest absolute Gasteiger partial charge is 0.495 e. The average Bonchev–Trinajstić information content (AvgIpc) is 2.56. The summed E-state index contributed by atoms with van der Waals surface area (Å²) in [5, 5.41) is 5.51. The number of anilines is 2. The van der Waals surface area contributed by atoms with Crippen LogP contribution in [0.3, 0.4) is 0 Å². The Morgan fingerprint density at radius 2 is 1.62 bits per heavy atom. The van der Waals surface area contributed by atoms with Crippen LogP contribution in [0.25, 0.3) is 0 Å². The molecule has 8 heteroatoms. The predicted octanol–water partition coefficient (Wildman–Crippen LogP) is 3.10. The lowest BCUT2D eigenvalue weighted by Gasteiger charge is -2.13. The molecule has 0 fully saturated rings. The van der Waals surface area contributed by atoms with Crippen LogP contribution in [0.15, 0.2) is 36.4 Å². The third-order valence-electron chi connectivity index (χ3n) is 3.14. The number of methoxy groups -OCH3 is 2. The topological polar surface area (TPSA) is 103 Å². The molecule has 24 heavy (non-hydrogen) atoms. The number of primary amides is 1. The lowest BCUT2D eigenvalue weighted by Crippen LogP contribution is -2.19.